The number of nitrogens with zero attached hydrogens (tertiary/aromatic N) is 1. The van der Waals surface area contributed by atoms with E-state index in [0.29, 0.717) is 11.3 Å². The number of amides is 1. The minimum absolute atomic E-state index is 0.112. The molecular weight excluding hydrogens is 190 g/mol. The average Bonchev–Trinajstić information content (AvgIpc) is 2.59. The highest BCUT2D eigenvalue weighted by Gasteiger charge is 2.19. The third-order valence-electron chi connectivity index (χ3n) is 2.21. The van der Waals surface area contributed by atoms with Crippen molar-refractivity contribution < 1.29 is 9.59 Å². The van der Waals surface area contributed by atoms with Gasteiger partial charge in [-0.1, -0.05) is 6.58 Å². The quantitative estimate of drug-likeness (QED) is 0.682. The van der Waals surface area contributed by atoms with E-state index in [9.17, 15) is 9.59 Å². The van der Waals surface area contributed by atoms with Gasteiger partial charge in [-0.05, 0) is 30.3 Å². The lowest BCUT2D eigenvalue weighted by Gasteiger charge is -2.16. The van der Waals surface area contributed by atoms with Gasteiger partial charge in [-0.2, -0.15) is 0 Å². The van der Waals surface area contributed by atoms with Crippen molar-refractivity contribution in [3.05, 3.63) is 54.3 Å². The van der Waals surface area contributed by atoms with Gasteiger partial charge in [-0.25, -0.2) is 0 Å². The summed E-state index contributed by atoms with van der Waals surface area (Å²) < 4.78 is 0. The summed E-state index contributed by atoms with van der Waals surface area (Å²) in [6, 6.07) is 6.78. The second-order valence-electron chi connectivity index (χ2n) is 3.21. The monoisotopic (exact) mass is 199 g/mol. The summed E-state index contributed by atoms with van der Waals surface area (Å²) >= 11 is 0. The van der Waals surface area contributed by atoms with Crippen molar-refractivity contribution in [2.24, 2.45) is 0 Å². The molecule has 0 fully saturated rings. The second kappa shape index (κ2) is 3.53. The third-order valence-corrected chi connectivity index (χ3v) is 2.21. The molecule has 0 bridgehead atoms. The normalized spacial score (nSPS) is 14.8. The van der Waals surface area contributed by atoms with E-state index in [1.54, 1.807) is 30.3 Å². The van der Waals surface area contributed by atoms with E-state index in [4.69, 9.17) is 0 Å². The summed E-state index contributed by atoms with van der Waals surface area (Å²) in [6.07, 6.45) is 3.90. The fourth-order valence-corrected chi connectivity index (χ4v) is 1.45. The molecule has 0 saturated heterocycles. The van der Waals surface area contributed by atoms with Crippen LogP contribution in [0.1, 0.15) is 10.4 Å². The zero-order valence-corrected chi connectivity index (χ0v) is 8.01. The van der Waals surface area contributed by atoms with E-state index in [2.05, 4.69) is 6.58 Å². The molecule has 0 aromatic heterocycles. The van der Waals surface area contributed by atoms with E-state index in [0.717, 1.165) is 12.0 Å². The van der Waals surface area contributed by atoms with Crippen molar-refractivity contribution in [1.82, 2.24) is 0 Å². The number of hydrogen-bond donors (Lipinski definition) is 0. The summed E-state index contributed by atoms with van der Waals surface area (Å²) in [5.74, 6) is -0.112. The predicted molar refractivity (Wildman–Crippen MR) is 57.6 cm³/mol. The van der Waals surface area contributed by atoms with E-state index in [1.165, 1.54) is 11.0 Å². The van der Waals surface area contributed by atoms with Crippen LogP contribution in [-0.2, 0) is 4.79 Å². The SMILES string of the molecule is C=C1C=CC(=O)N1c1ccc(C=O)cc1. The Morgan fingerprint density at radius 2 is 1.80 bits per heavy atom. The molecule has 0 unspecified atom stereocenters. The highest BCUT2D eigenvalue weighted by molar-refractivity contribution is 6.07. The Kier molecular flexibility index (Phi) is 2.21. The van der Waals surface area contributed by atoms with Gasteiger partial charge in [0.1, 0.15) is 6.29 Å². The first-order chi connectivity index (χ1) is 7.22. The van der Waals surface area contributed by atoms with Gasteiger partial charge in [0.25, 0.3) is 5.91 Å². The Hall–Kier alpha value is -2.16. The molecule has 3 nitrogen and oxygen atoms in total. The van der Waals surface area contributed by atoms with E-state index in [-0.39, 0.29) is 5.91 Å². The molecule has 0 N–H and O–H groups in total. The molecule has 1 aliphatic heterocycles. The molecule has 0 spiro atoms. The first-order valence-electron chi connectivity index (χ1n) is 4.48. The van der Waals surface area contributed by atoms with Gasteiger partial charge in [0.15, 0.2) is 0 Å². The van der Waals surface area contributed by atoms with Gasteiger partial charge in [0, 0.05) is 23.0 Å². The van der Waals surface area contributed by atoms with Crippen LogP contribution >= 0.6 is 0 Å². The number of carbonyl (C=O) groups is 2. The lowest BCUT2D eigenvalue weighted by atomic mass is 10.2. The van der Waals surface area contributed by atoms with E-state index in [1.807, 2.05) is 0 Å². The van der Waals surface area contributed by atoms with Gasteiger partial charge in [0.05, 0.1) is 0 Å². The molecule has 0 atom stereocenters. The fourth-order valence-electron chi connectivity index (χ4n) is 1.45. The molecule has 0 aliphatic carbocycles. The molecule has 1 heterocycles. The summed E-state index contributed by atoms with van der Waals surface area (Å²) in [6.45, 7) is 3.75. The van der Waals surface area contributed by atoms with Crippen LogP contribution in [0.5, 0.6) is 0 Å². The molecule has 0 saturated carbocycles. The van der Waals surface area contributed by atoms with Gasteiger partial charge in [0.2, 0.25) is 0 Å². The summed E-state index contributed by atoms with van der Waals surface area (Å²) in [4.78, 5) is 23.4. The first kappa shape index (κ1) is 9.40. The van der Waals surface area contributed by atoms with Crippen LogP contribution in [0.4, 0.5) is 5.69 Å². The molecule has 1 aromatic carbocycles. The zero-order valence-electron chi connectivity index (χ0n) is 8.01. The van der Waals surface area contributed by atoms with Crippen molar-refractivity contribution in [1.29, 1.82) is 0 Å². The Morgan fingerprint density at radius 1 is 1.13 bits per heavy atom. The maximum atomic E-state index is 11.4. The van der Waals surface area contributed by atoms with Crippen LogP contribution in [0.2, 0.25) is 0 Å². The molecule has 2 rings (SSSR count). The lowest BCUT2D eigenvalue weighted by molar-refractivity contribution is -0.113. The standard InChI is InChI=1S/C12H9NO2/c1-9-2-7-12(15)13(9)11-5-3-10(8-14)4-6-11/h2-8H,1H2. The number of hydrogen-bond acceptors (Lipinski definition) is 2. The number of anilines is 1. The highest BCUT2D eigenvalue weighted by Crippen LogP contribution is 2.23. The van der Waals surface area contributed by atoms with Crippen LogP contribution in [0, 0.1) is 0 Å². The maximum absolute atomic E-state index is 11.4. The summed E-state index contributed by atoms with van der Waals surface area (Å²) in [5.41, 5.74) is 1.95. The third kappa shape index (κ3) is 1.59. The maximum Gasteiger partial charge on any atom is 0.255 e. The van der Waals surface area contributed by atoms with Crippen LogP contribution < -0.4 is 4.90 Å². The summed E-state index contributed by atoms with van der Waals surface area (Å²) in [5, 5.41) is 0. The largest absolute Gasteiger partial charge is 0.298 e. The van der Waals surface area contributed by atoms with Crippen molar-refractivity contribution >= 4 is 17.9 Å². The van der Waals surface area contributed by atoms with Gasteiger partial charge in [-0.3, -0.25) is 14.5 Å². The van der Waals surface area contributed by atoms with Crippen molar-refractivity contribution in [2.75, 3.05) is 4.90 Å². The summed E-state index contributed by atoms with van der Waals surface area (Å²) in [7, 11) is 0. The molecule has 3 heteroatoms. The van der Waals surface area contributed by atoms with Crippen LogP contribution in [0.25, 0.3) is 0 Å². The average molecular weight is 199 g/mol. The number of allylic oxidation sites excluding steroid dienone is 1. The number of aldehydes is 1. The van der Waals surface area contributed by atoms with Gasteiger partial charge >= 0.3 is 0 Å². The number of carbonyl (C=O) groups excluding carboxylic acids is 2. The topological polar surface area (TPSA) is 37.4 Å². The van der Waals surface area contributed by atoms with Crippen molar-refractivity contribution in [3.8, 4) is 0 Å². The Labute approximate surface area is 87.3 Å². The van der Waals surface area contributed by atoms with Crippen LogP contribution in [0.3, 0.4) is 0 Å². The van der Waals surface area contributed by atoms with Crippen molar-refractivity contribution in [2.45, 2.75) is 0 Å². The molecule has 15 heavy (non-hydrogen) atoms. The molecule has 1 aliphatic rings. The minimum Gasteiger partial charge on any atom is -0.298 e. The smallest absolute Gasteiger partial charge is 0.255 e. The molecule has 1 aromatic rings. The highest BCUT2D eigenvalue weighted by atomic mass is 16.2. The second-order valence-corrected chi connectivity index (χ2v) is 3.21. The van der Waals surface area contributed by atoms with Crippen LogP contribution in [-0.4, -0.2) is 12.2 Å². The van der Waals surface area contributed by atoms with E-state index < -0.39 is 0 Å². The molecule has 74 valence electrons. The minimum atomic E-state index is -0.112. The lowest BCUT2D eigenvalue weighted by Crippen LogP contribution is -2.22. The Morgan fingerprint density at radius 3 is 2.27 bits per heavy atom. The van der Waals surface area contributed by atoms with E-state index >= 15 is 0 Å². The van der Waals surface area contributed by atoms with Crippen molar-refractivity contribution in [3.63, 3.8) is 0 Å². The fraction of sp³-hybridized carbons (Fsp3) is 0. The Bertz CT molecular complexity index is 439. The number of rotatable bonds is 2. The number of benzene rings is 1. The Balaban J connectivity index is 2.34. The molecule has 0 radical (unpaired) electrons. The van der Waals surface area contributed by atoms with Gasteiger partial charge in [-0.15, -0.1) is 0 Å². The van der Waals surface area contributed by atoms with Gasteiger partial charge < -0.3 is 0 Å². The molecular formula is C12H9NO2. The zero-order chi connectivity index (χ0) is 10.8. The van der Waals surface area contributed by atoms with Crippen LogP contribution in [0.15, 0.2) is 48.7 Å². The molecule has 1 amide bonds. The first-order valence-corrected chi connectivity index (χ1v) is 4.48. The predicted octanol–water partition coefficient (Wildman–Crippen LogP) is 1.92.